The van der Waals surface area contributed by atoms with E-state index in [2.05, 4.69) is 24.7 Å². The quantitative estimate of drug-likeness (QED) is 0.803. The number of ether oxygens (including phenoxy) is 2. The van der Waals surface area contributed by atoms with E-state index in [9.17, 15) is 4.79 Å². The van der Waals surface area contributed by atoms with Gasteiger partial charge in [-0.05, 0) is 24.0 Å². The Morgan fingerprint density at radius 2 is 2.00 bits per heavy atom. The van der Waals surface area contributed by atoms with Gasteiger partial charge in [0, 0.05) is 18.0 Å². The van der Waals surface area contributed by atoms with Crippen LogP contribution in [-0.4, -0.2) is 20.2 Å². The van der Waals surface area contributed by atoms with Crippen LogP contribution in [0, 0.1) is 0 Å². The molecular formula is C15H23NO3. The smallest absolute Gasteiger partial charge is 0.305 e. The third-order valence-electron chi connectivity index (χ3n) is 3.21. The lowest BCUT2D eigenvalue weighted by molar-refractivity contribution is -0.140. The Hall–Kier alpha value is -1.55. The lowest BCUT2D eigenvalue weighted by Crippen LogP contribution is -2.14. The lowest BCUT2D eigenvalue weighted by Gasteiger charge is -2.17. The third kappa shape index (κ3) is 4.24. The first-order chi connectivity index (χ1) is 8.99. The Morgan fingerprint density at radius 1 is 1.32 bits per heavy atom. The van der Waals surface area contributed by atoms with Crippen LogP contribution in [0.2, 0.25) is 0 Å². The minimum Gasteiger partial charge on any atom is -0.496 e. The molecule has 0 spiro atoms. The van der Waals surface area contributed by atoms with Crippen molar-refractivity contribution >= 4 is 5.97 Å². The van der Waals surface area contributed by atoms with Crippen LogP contribution >= 0.6 is 0 Å². The molecular weight excluding hydrogens is 242 g/mol. The fraction of sp³-hybridized carbons (Fsp3) is 0.533. The summed E-state index contributed by atoms with van der Waals surface area (Å²) in [7, 11) is 3.01. The van der Waals surface area contributed by atoms with Crippen LogP contribution in [0.15, 0.2) is 18.2 Å². The van der Waals surface area contributed by atoms with Gasteiger partial charge in [0.25, 0.3) is 0 Å². The van der Waals surface area contributed by atoms with Crippen molar-refractivity contribution in [3.05, 3.63) is 29.3 Å². The van der Waals surface area contributed by atoms with Crippen molar-refractivity contribution in [2.75, 3.05) is 14.2 Å². The second-order valence-corrected chi connectivity index (χ2v) is 4.88. The van der Waals surface area contributed by atoms with Gasteiger partial charge in [0.05, 0.1) is 14.2 Å². The number of benzene rings is 1. The normalized spacial score (nSPS) is 12.3. The van der Waals surface area contributed by atoms with Crippen molar-refractivity contribution < 1.29 is 14.3 Å². The van der Waals surface area contributed by atoms with E-state index in [1.807, 2.05) is 12.1 Å². The highest BCUT2D eigenvalue weighted by Crippen LogP contribution is 2.30. The zero-order chi connectivity index (χ0) is 14.4. The van der Waals surface area contributed by atoms with Crippen LogP contribution in [0.4, 0.5) is 0 Å². The second-order valence-electron chi connectivity index (χ2n) is 4.88. The fourth-order valence-corrected chi connectivity index (χ4v) is 1.93. The Labute approximate surface area is 114 Å². The Bertz CT molecular complexity index is 429. The molecule has 0 radical (unpaired) electrons. The van der Waals surface area contributed by atoms with E-state index in [1.165, 1.54) is 12.7 Å². The summed E-state index contributed by atoms with van der Waals surface area (Å²) in [4.78, 5) is 11.2. The van der Waals surface area contributed by atoms with E-state index in [1.54, 1.807) is 7.11 Å². The molecule has 4 nitrogen and oxygen atoms in total. The third-order valence-corrected chi connectivity index (χ3v) is 3.21. The van der Waals surface area contributed by atoms with Crippen molar-refractivity contribution in [3.63, 3.8) is 0 Å². The van der Waals surface area contributed by atoms with Crippen molar-refractivity contribution in [1.82, 2.24) is 0 Å². The van der Waals surface area contributed by atoms with E-state index in [-0.39, 0.29) is 12.0 Å². The number of carbonyl (C=O) groups excluding carboxylic acids is 1. The van der Waals surface area contributed by atoms with Gasteiger partial charge in [-0.1, -0.05) is 26.0 Å². The van der Waals surface area contributed by atoms with Gasteiger partial charge in [0.15, 0.2) is 0 Å². The van der Waals surface area contributed by atoms with E-state index in [0.29, 0.717) is 18.8 Å². The maximum atomic E-state index is 11.2. The van der Waals surface area contributed by atoms with E-state index in [0.717, 1.165) is 11.3 Å². The summed E-state index contributed by atoms with van der Waals surface area (Å²) in [6, 6.07) is 5.81. The van der Waals surface area contributed by atoms with Gasteiger partial charge in [-0.3, -0.25) is 4.79 Å². The predicted octanol–water partition coefficient (Wildman–Crippen LogP) is 2.77. The average Bonchev–Trinajstić information content (AvgIpc) is 2.43. The molecule has 106 valence electrons. The molecule has 19 heavy (non-hydrogen) atoms. The average molecular weight is 265 g/mol. The summed E-state index contributed by atoms with van der Waals surface area (Å²) in [5.41, 5.74) is 8.31. The Morgan fingerprint density at radius 3 is 2.53 bits per heavy atom. The number of hydrogen-bond acceptors (Lipinski definition) is 4. The first-order valence-corrected chi connectivity index (χ1v) is 6.49. The summed E-state index contributed by atoms with van der Waals surface area (Å²) in [6.45, 7) is 4.26. The van der Waals surface area contributed by atoms with Crippen molar-refractivity contribution in [2.24, 2.45) is 5.73 Å². The Balaban J connectivity index is 2.89. The van der Waals surface area contributed by atoms with E-state index < -0.39 is 0 Å². The first-order valence-electron chi connectivity index (χ1n) is 6.49. The zero-order valence-corrected chi connectivity index (χ0v) is 12.1. The molecule has 0 aromatic heterocycles. The van der Waals surface area contributed by atoms with Crippen LogP contribution in [-0.2, 0) is 9.53 Å². The predicted molar refractivity (Wildman–Crippen MR) is 75.3 cm³/mol. The second kappa shape index (κ2) is 7.14. The maximum absolute atomic E-state index is 11.2. The number of nitrogens with two attached hydrogens (primary N) is 1. The van der Waals surface area contributed by atoms with Gasteiger partial charge in [0.2, 0.25) is 0 Å². The number of esters is 1. The highest BCUT2D eigenvalue weighted by atomic mass is 16.5. The molecule has 1 rings (SSSR count). The van der Waals surface area contributed by atoms with Crippen LogP contribution in [0.25, 0.3) is 0 Å². The standard InChI is InChI=1S/C15H23NO3/c1-10(2)11-5-7-14(18-3)12(9-11)13(16)6-8-15(17)19-4/h5,7,9-10,13H,6,8,16H2,1-4H3. The molecule has 0 saturated carbocycles. The molecule has 0 amide bonds. The van der Waals surface area contributed by atoms with Crippen LogP contribution in [0.3, 0.4) is 0 Å². The molecule has 1 unspecified atom stereocenters. The Kier molecular flexibility index (Phi) is 5.83. The van der Waals surface area contributed by atoms with Gasteiger partial charge in [0.1, 0.15) is 5.75 Å². The number of methoxy groups -OCH3 is 2. The van der Waals surface area contributed by atoms with Crippen molar-refractivity contribution in [2.45, 2.75) is 38.6 Å². The summed E-state index contributed by atoms with van der Waals surface area (Å²) in [5.74, 6) is 0.952. The van der Waals surface area contributed by atoms with E-state index in [4.69, 9.17) is 10.5 Å². The topological polar surface area (TPSA) is 61.5 Å². The monoisotopic (exact) mass is 265 g/mol. The molecule has 1 aromatic carbocycles. The summed E-state index contributed by atoms with van der Waals surface area (Å²) in [5, 5.41) is 0. The molecule has 1 atom stereocenters. The van der Waals surface area contributed by atoms with Gasteiger partial charge < -0.3 is 15.2 Å². The van der Waals surface area contributed by atoms with E-state index >= 15 is 0 Å². The lowest BCUT2D eigenvalue weighted by atomic mass is 9.95. The highest BCUT2D eigenvalue weighted by molar-refractivity contribution is 5.69. The maximum Gasteiger partial charge on any atom is 0.305 e. The molecule has 2 N–H and O–H groups in total. The van der Waals surface area contributed by atoms with Crippen LogP contribution < -0.4 is 10.5 Å². The minimum absolute atomic E-state index is 0.229. The number of carbonyl (C=O) groups is 1. The van der Waals surface area contributed by atoms with Gasteiger partial charge in [-0.25, -0.2) is 0 Å². The van der Waals surface area contributed by atoms with Gasteiger partial charge in [-0.2, -0.15) is 0 Å². The summed E-state index contributed by atoms with van der Waals surface area (Å²) >= 11 is 0. The van der Waals surface area contributed by atoms with Crippen molar-refractivity contribution in [3.8, 4) is 5.75 Å². The SMILES string of the molecule is COC(=O)CCC(N)c1cc(C(C)C)ccc1OC. The highest BCUT2D eigenvalue weighted by Gasteiger charge is 2.15. The van der Waals surface area contributed by atoms with Gasteiger partial charge in [-0.15, -0.1) is 0 Å². The minimum atomic E-state index is -0.241. The van der Waals surface area contributed by atoms with Gasteiger partial charge >= 0.3 is 5.97 Å². The molecule has 0 saturated heterocycles. The number of rotatable bonds is 6. The number of hydrogen-bond donors (Lipinski definition) is 1. The molecule has 0 bridgehead atoms. The fourth-order valence-electron chi connectivity index (χ4n) is 1.93. The van der Waals surface area contributed by atoms with Crippen molar-refractivity contribution in [1.29, 1.82) is 0 Å². The molecule has 0 aliphatic carbocycles. The first kappa shape index (κ1) is 15.5. The molecule has 4 heteroatoms. The molecule has 0 fully saturated rings. The molecule has 1 aromatic rings. The van der Waals surface area contributed by atoms with Crippen LogP contribution in [0.1, 0.15) is 49.8 Å². The largest absolute Gasteiger partial charge is 0.496 e. The van der Waals surface area contributed by atoms with Crippen LogP contribution in [0.5, 0.6) is 5.75 Å². The zero-order valence-electron chi connectivity index (χ0n) is 12.1. The molecule has 0 aliphatic rings. The summed E-state index contributed by atoms with van der Waals surface area (Å²) < 4.78 is 9.97. The summed E-state index contributed by atoms with van der Waals surface area (Å²) in [6.07, 6.45) is 0.858. The molecule has 0 heterocycles. The molecule has 0 aliphatic heterocycles.